The van der Waals surface area contributed by atoms with E-state index in [1.807, 2.05) is 0 Å². The highest BCUT2D eigenvalue weighted by Gasteiger charge is 2.20. The third-order valence-electron chi connectivity index (χ3n) is 6.76. The van der Waals surface area contributed by atoms with Gasteiger partial charge in [0, 0.05) is 0 Å². The lowest BCUT2D eigenvalue weighted by molar-refractivity contribution is 0.887. The van der Waals surface area contributed by atoms with Crippen molar-refractivity contribution in [1.82, 2.24) is 0 Å². The minimum Gasteiger partial charge on any atom is -0.0836 e. The van der Waals surface area contributed by atoms with E-state index in [2.05, 4.69) is 111 Å². The fraction of sp³-hybridized carbons (Fsp3) is 0.188. The molecule has 0 aromatic heterocycles. The average molecular weight is 415 g/mol. The second-order valence-corrected chi connectivity index (χ2v) is 8.94. The van der Waals surface area contributed by atoms with Crippen LogP contribution in [0.5, 0.6) is 0 Å². The minimum absolute atomic E-state index is 1.20. The molecule has 0 fully saturated rings. The van der Waals surface area contributed by atoms with Crippen LogP contribution in [0.15, 0.2) is 91.0 Å². The van der Waals surface area contributed by atoms with Gasteiger partial charge in [0.25, 0.3) is 0 Å². The Morgan fingerprint density at radius 1 is 0.594 bits per heavy atom. The van der Waals surface area contributed by atoms with Crippen molar-refractivity contribution in [3.05, 3.63) is 124 Å². The summed E-state index contributed by atoms with van der Waals surface area (Å²) in [5.41, 5.74) is 14.4. The average Bonchev–Trinajstić information content (AvgIpc) is 2.86. The van der Waals surface area contributed by atoms with Crippen LogP contribution in [0.3, 0.4) is 0 Å². The molecule has 0 saturated heterocycles. The van der Waals surface area contributed by atoms with Crippen molar-refractivity contribution >= 4 is 6.08 Å². The van der Waals surface area contributed by atoms with E-state index >= 15 is 0 Å². The number of allylic oxidation sites excluding steroid dienone is 1. The lowest BCUT2D eigenvalue weighted by atomic mass is 9.80. The van der Waals surface area contributed by atoms with Crippen molar-refractivity contribution in [1.29, 1.82) is 0 Å². The molecular formula is C32H30. The highest BCUT2D eigenvalue weighted by Crippen LogP contribution is 2.38. The zero-order valence-electron chi connectivity index (χ0n) is 19.1. The van der Waals surface area contributed by atoms with Crippen LogP contribution in [0.1, 0.15) is 39.8 Å². The molecule has 0 saturated carbocycles. The first-order valence-corrected chi connectivity index (χ1v) is 11.7. The highest BCUT2D eigenvalue weighted by atomic mass is 14.2. The number of aryl methyl sites for hydroxylation is 3. The number of rotatable bonds is 1. The summed E-state index contributed by atoms with van der Waals surface area (Å²) < 4.78 is 0. The molecule has 0 nitrogen and oxygen atoms in total. The number of benzene rings is 4. The van der Waals surface area contributed by atoms with E-state index in [0.717, 1.165) is 0 Å². The largest absolute Gasteiger partial charge is 0.0836 e. The molecule has 6 rings (SSSR count). The predicted octanol–water partition coefficient (Wildman–Crippen LogP) is 8.38. The topological polar surface area (TPSA) is 0 Å². The molecule has 0 spiro atoms. The quantitative estimate of drug-likeness (QED) is 0.293. The van der Waals surface area contributed by atoms with Crippen LogP contribution in [0.4, 0.5) is 0 Å². The Balaban J connectivity index is 0.000000140. The van der Waals surface area contributed by atoms with Crippen molar-refractivity contribution in [2.75, 3.05) is 0 Å². The standard InChI is InChI=1S/C18H16.C14H14/c1-3-7-15-13(5-1)9-11-18-16-8-4-2-6-14(16)10-12-17(15)18;1-11-8-9-12(2)14(10-11)13-6-4-3-5-7-13/h1-3,5-7,10,12H,4,8-9,11H2;3-10H,1-2H3. The van der Waals surface area contributed by atoms with E-state index in [1.54, 1.807) is 11.1 Å². The Kier molecular flexibility index (Phi) is 5.77. The maximum atomic E-state index is 2.32. The summed E-state index contributed by atoms with van der Waals surface area (Å²) in [6.07, 6.45) is 9.42. The molecule has 0 N–H and O–H groups in total. The fourth-order valence-corrected chi connectivity index (χ4v) is 5.06. The van der Waals surface area contributed by atoms with Gasteiger partial charge >= 0.3 is 0 Å². The molecule has 32 heavy (non-hydrogen) atoms. The third-order valence-corrected chi connectivity index (χ3v) is 6.76. The highest BCUT2D eigenvalue weighted by molar-refractivity contribution is 5.77. The van der Waals surface area contributed by atoms with Crippen LogP contribution in [0.25, 0.3) is 28.3 Å². The molecule has 0 heteroatoms. The molecular weight excluding hydrogens is 384 g/mol. The van der Waals surface area contributed by atoms with E-state index in [1.165, 1.54) is 70.2 Å². The first kappa shape index (κ1) is 20.5. The smallest absolute Gasteiger partial charge is 0.0146 e. The first-order chi connectivity index (χ1) is 15.7. The van der Waals surface area contributed by atoms with Gasteiger partial charge in [-0.1, -0.05) is 103 Å². The Bertz CT molecular complexity index is 1270. The van der Waals surface area contributed by atoms with Crippen LogP contribution in [-0.4, -0.2) is 0 Å². The summed E-state index contributed by atoms with van der Waals surface area (Å²) >= 11 is 0. The summed E-state index contributed by atoms with van der Waals surface area (Å²) in [4.78, 5) is 0. The molecule has 0 unspecified atom stereocenters. The summed E-state index contributed by atoms with van der Waals surface area (Å²) in [5.74, 6) is 0. The van der Waals surface area contributed by atoms with E-state index in [-0.39, 0.29) is 0 Å². The lowest BCUT2D eigenvalue weighted by Crippen LogP contribution is -2.09. The molecule has 158 valence electrons. The van der Waals surface area contributed by atoms with E-state index in [4.69, 9.17) is 0 Å². The lowest BCUT2D eigenvalue weighted by Gasteiger charge is -2.25. The molecule has 0 heterocycles. The van der Waals surface area contributed by atoms with Gasteiger partial charge in [-0.25, -0.2) is 0 Å². The van der Waals surface area contributed by atoms with Crippen molar-refractivity contribution in [3.8, 4) is 22.3 Å². The molecule has 2 aliphatic carbocycles. The van der Waals surface area contributed by atoms with Gasteiger partial charge in [0.2, 0.25) is 0 Å². The molecule has 0 bridgehead atoms. The second kappa shape index (κ2) is 9.01. The van der Waals surface area contributed by atoms with Crippen LogP contribution >= 0.6 is 0 Å². The van der Waals surface area contributed by atoms with Crippen LogP contribution in [-0.2, 0) is 19.3 Å². The fourth-order valence-electron chi connectivity index (χ4n) is 5.06. The normalized spacial score (nSPS) is 13.3. The number of hydrogen-bond donors (Lipinski definition) is 0. The Morgan fingerprint density at radius 2 is 1.41 bits per heavy atom. The Hall–Kier alpha value is -3.38. The third kappa shape index (κ3) is 4.06. The van der Waals surface area contributed by atoms with Gasteiger partial charge in [-0.05, 0) is 89.6 Å². The molecule has 0 amide bonds. The number of hydrogen-bond acceptors (Lipinski definition) is 0. The molecule has 0 aliphatic heterocycles. The van der Waals surface area contributed by atoms with Gasteiger partial charge < -0.3 is 0 Å². The Labute approximate surface area is 192 Å². The van der Waals surface area contributed by atoms with Gasteiger partial charge in [0.15, 0.2) is 0 Å². The van der Waals surface area contributed by atoms with Crippen LogP contribution in [0, 0.1) is 13.8 Å². The SMILES string of the molecule is C1=Cc2ccc3c(c2CC1)CCc1ccccc1-3.Cc1ccc(C)c(-c2ccccc2)c1. The summed E-state index contributed by atoms with van der Waals surface area (Å²) in [6, 6.07) is 30.6. The van der Waals surface area contributed by atoms with Crippen LogP contribution in [0.2, 0.25) is 0 Å². The molecule has 0 atom stereocenters. The minimum atomic E-state index is 1.20. The van der Waals surface area contributed by atoms with Gasteiger partial charge in [-0.15, -0.1) is 0 Å². The van der Waals surface area contributed by atoms with Crippen LogP contribution < -0.4 is 0 Å². The maximum Gasteiger partial charge on any atom is -0.0146 e. The van der Waals surface area contributed by atoms with E-state index in [0.29, 0.717) is 0 Å². The first-order valence-electron chi connectivity index (χ1n) is 11.7. The zero-order chi connectivity index (χ0) is 21.9. The summed E-state index contributed by atoms with van der Waals surface area (Å²) in [5, 5.41) is 0. The second-order valence-electron chi connectivity index (χ2n) is 8.94. The van der Waals surface area contributed by atoms with Crippen molar-refractivity contribution in [2.24, 2.45) is 0 Å². The summed E-state index contributed by atoms with van der Waals surface area (Å²) in [7, 11) is 0. The maximum absolute atomic E-state index is 2.32. The Morgan fingerprint density at radius 3 is 2.28 bits per heavy atom. The molecule has 0 radical (unpaired) electrons. The van der Waals surface area contributed by atoms with Gasteiger partial charge in [0.05, 0.1) is 0 Å². The monoisotopic (exact) mass is 414 g/mol. The molecule has 4 aromatic carbocycles. The van der Waals surface area contributed by atoms with Crippen molar-refractivity contribution in [3.63, 3.8) is 0 Å². The van der Waals surface area contributed by atoms with Crippen molar-refractivity contribution < 1.29 is 0 Å². The van der Waals surface area contributed by atoms with Crippen molar-refractivity contribution in [2.45, 2.75) is 39.5 Å². The van der Waals surface area contributed by atoms with Gasteiger partial charge in [0.1, 0.15) is 0 Å². The van der Waals surface area contributed by atoms with E-state index < -0.39 is 0 Å². The summed E-state index contributed by atoms with van der Waals surface area (Å²) in [6.45, 7) is 4.29. The predicted molar refractivity (Wildman–Crippen MR) is 138 cm³/mol. The van der Waals surface area contributed by atoms with Gasteiger partial charge in [-0.2, -0.15) is 0 Å². The van der Waals surface area contributed by atoms with E-state index in [9.17, 15) is 0 Å². The molecule has 4 aromatic rings. The van der Waals surface area contributed by atoms with Gasteiger partial charge in [-0.3, -0.25) is 0 Å². The number of fused-ring (bicyclic) bond motifs is 5. The molecule has 2 aliphatic rings. The zero-order valence-corrected chi connectivity index (χ0v) is 19.1.